The molecule has 8 atom stereocenters. The fourth-order valence-corrected chi connectivity index (χ4v) is 9.09. The van der Waals surface area contributed by atoms with Crippen molar-refractivity contribution in [1.82, 2.24) is 10.7 Å². The highest BCUT2D eigenvalue weighted by molar-refractivity contribution is 5.91. The smallest absolute Gasteiger partial charge is 0.332 e. The number of rotatable bonds is 6. The Balaban J connectivity index is 1.59. The molecule has 3 saturated carbocycles. The van der Waals surface area contributed by atoms with Gasteiger partial charge in [-0.1, -0.05) is 53.9 Å². The third kappa shape index (κ3) is 4.63. The van der Waals surface area contributed by atoms with E-state index in [0.717, 1.165) is 36.3 Å². The van der Waals surface area contributed by atoms with Crippen molar-refractivity contribution in [3.05, 3.63) is 0 Å². The number of nitrogens with zero attached hydrogens (tertiary/aromatic N) is 1. The van der Waals surface area contributed by atoms with Crippen LogP contribution in [-0.4, -0.2) is 24.2 Å². The zero-order chi connectivity index (χ0) is 24.7. The molecule has 0 bridgehead atoms. The summed E-state index contributed by atoms with van der Waals surface area (Å²) in [6.45, 7) is 12.8. The Morgan fingerprint density at radius 3 is 2.56 bits per heavy atom. The molecule has 4 N–H and O–H groups in total. The highest BCUT2D eigenvalue weighted by atomic mass is 16.2. The quantitative estimate of drug-likeness (QED) is 0.447. The summed E-state index contributed by atoms with van der Waals surface area (Å²) in [5, 5.41) is 7.68. The first kappa shape index (κ1) is 25.5. The number of carbonyl (C=O) groups excluding carboxylic acids is 2. The lowest BCUT2D eigenvalue weighted by atomic mass is 9.45. The number of carbonyl (C=O) groups is 2. The highest BCUT2D eigenvalue weighted by Crippen LogP contribution is 2.67. The van der Waals surface area contributed by atoms with E-state index in [1.807, 2.05) is 0 Å². The molecule has 6 heteroatoms. The largest absolute Gasteiger partial charge is 0.355 e. The summed E-state index contributed by atoms with van der Waals surface area (Å²) in [6.07, 6.45) is 11.7. The van der Waals surface area contributed by atoms with E-state index >= 15 is 0 Å². The topological polar surface area (TPSA) is 96.6 Å². The van der Waals surface area contributed by atoms with Crippen molar-refractivity contribution in [3.8, 4) is 0 Å². The van der Waals surface area contributed by atoms with Crippen molar-refractivity contribution in [2.45, 2.75) is 98.8 Å². The van der Waals surface area contributed by atoms with Gasteiger partial charge in [-0.15, -0.1) is 0 Å². The molecule has 3 amide bonds. The molecule has 0 aromatic rings. The van der Waals surface area contributed by atoms with Gasteiger partial charge in [0.25, 0.3) is 0 Å². The number of hydrogen-bond donors (Lipinski definition) is 3. The lowest BCUT2D eigenvalue weighted by molar-refractivity contribution is -0.121. The summed E-state index contributed by atoms with van der Waals surface area (Å²) in [6, 6.07) is -0.612. The van der Waals surface area contributed by atoms with Crippen molar-refractivity contribution < 1.29 is 9.59 Å². The van der Waals surface area contributed by atoms with Crippen LogP contribution in [-0.2, 0) is 4.79 Å². The van der Waals surface area contributed by atoms with Gasteiger partial charge in [0, 0.05) is 24.6 Å². The molecule has 4 fully saturated rings. The number of fused-ring (bicyclic) bond motifs is 5. The summed E-state index contributed by atoms with van der Waals surface area (Å²) < 4.78 is 0. The van der Waals surface area contributed by atoms with Gasteiger partial charge in [0.05, 0.1) is 0 Å². The molecule has 0 spiro atoms. The van der Waals surface area contributed by atoms with Crippen LogP contribution in [0.3, 0.4) is 0 Å². The van der Waals surface area contributed by atoms with Crippen molar-refractivity contribution in [2.24, 2.45) is 63.1 Å². The highest BCUT2D eigenvalue weighted by Gasteiger charge is 2.61. The van der Waals surface area contributed by atoms with Gasteiger partial charge in [-0.2, -0.15) is 5.10 Å². The summed E-state index contributed by atoms with van der Waals surface area (Å²) in [5.41, 5.74) is 9.39. The van der Waals surface area contributed by atoms with E-state index in [0.29, 0.717) is 36.1 Å². The Labute approximate surface area is 206 Å². The van der Waals surface area contributed by atoms with Gasteiger partial charge < -0.3 is 11.1 Å². The zero-order valence-electron chi connectivity index (χ0n) is 22.2. The minimum Gasteiger partial charge on any atom is -0.355 e. The maximum atomic E-state index is 12.3. The van der Waals surface area contributed by atoms with Crippen LogP contribution in [0.25, 0.3) is 0 Å². The molecule has 192 valence electrons. The summed E-state index contributed by atoms with van der Waals surface area (Å²) >= 11 is 0. The van der Waals surface area contributed by atoms with Crippen LogP contribution >= 0.6 is 0 Å². The van der Waals surface area contributed by atoms with Crippen LogP contribution in [0.15, 0.2) is 5.10 Å². The van der Waals surface area contributed by atoms with Crippen molar-refractivity contribution >= 4 is 17.6 Å². The fourth-order valence-electron chi connectivity index (χ4n) is 9.09. The van der Waals surface area contributed by atoms with E-state index in [1.54, 1.807) is 0 Å². The van der Waals surface area contributed by atoms with E-state index in [-0.39, 0.29) is 17.2 Å². The van der Waals surface area contributed by atoms with Crippen molar-refractivity contribution in [2.75, 3.05) is 6.54 Å². The third-order valence-electron chi connectivity index (χ3n) is 10.8. The molecule has 4 rings (SSSR count). The molecule has 3 aliphatic carbocycles. The normalized spacial score (nSPS) is 41.8. The Hall–Kier alpha value is -1.59. The first-order valence-electron chi connectivity index (χ1n) is 13.9. The number of amides is 3. The number of urea groups is 1. The molecule has 1 saturated heterocycles. The van der Waals surface area contributed by atoms with E-state index in [1.165, 1.54) is 44.9 Å². The number of hydrogen-bond acceptors (Lipinski definition) is 3. The number of nitrogens with one attached hydrogen (secondary N) is 2. The van der Waals surface area contributed by atoms with E-state index in [2.05, 4.69) is 50.5 Å². The van der Waals surface area contributed by atoms with Crippen molar-refractivity contribution in [3.63, 3.8) is 0 Å². The van der Waals surface area contributed by atoms with E-state index in [9.17, 15) is 9.59 Å². The standard InChI is InChI=1S/C28H48N4O2/c1-17(2)7-6-8-18(3)20-9-10-21-19-15-24(31-32-26(29)34)23-16-30-25(33)12-14-28(23,5)22(19)11-13-27(20,21)4/h17-23H,6-16H2,1-5H3,(H,30,33)(H3,29,32,34)/b31-24+/t18-,19+,20-,21+,22+,23?,27-,28-/m1/s1. The van der Waals surface area contributed by atoms with Crippen LogP contribution < -0.4 is 16.5 Å². The molecule has 1 unspecified atom stereocenters. The van der Waals surface area contributed by atoms with Gasteiger partial charge in [0.2, 0.25) is 5.91 Å². The molecule has 6 nitrogen and oxygen atoms in total. The lowest BCUT2D eigenvalue weighted by Crippen LogP contribution is -2.56. The van der Waals surface area contributed by atoms with Crippen molar-refractivity contribution in [1.29, 1.82) is 0 Å². The van der Waals surface area contributed by atoms with Gasteiger partial charge in [-0.3, -0.25) is 4.79 Å². The first-order chi connectivity index (χ1) is 16.1. The molecule has 1 heterocycles. The second kappa shape index (κ2) is 9.81. The van der Waals surface area contributed by atoms with Crippen LogP contribution in [0, 0.1) is 52.3 Å². The van der Waals surface area contributed by atoms with Crippen LogP contribution in [0.1, 0.15) is 98.8 Å². The second-order valence-corrected chi connectivity index (χ2v) is 13.1. The van der Waals surface area contributed by atoms with Gasteiger partial charge in [0.1, 0.15) is 0 Å². The zero-order valence-corrected chi connectivity index (χ0v) is 22.2. The average molecular weight is 473 g/mol. The Morgan fingerprint density at radius 1 is 1.12 bits per heavy atom. The van der Waals surface area contributed by atoms with Crippen LogP contribution in [0.2, 0.25) is 0 Å². The van der Waals surface area contributed by atoms with Gasteiger partial charge in [-0.25, -0.2) is 10.2 Å². The summed E-state index contributed by atoms with van der Waals surface area (Å²) in [7, 11) is 0. The predicted octanol–water partition coefficient (Wildman–Crippen LogP) is 5.47. The molecular formula is C28H48N4O2. The minimum absolute atomic E-state index is 0.0303. The second-order valence-electron chi connectivity index (χ2n) is 13.1. The molecule has 0 radical (unpaired) electrons. The van der Waals surface area contributed by atoms with Gasteiger partial charge in [0.15, 0.2) is 0 Å². The molecule has 1 aliphatic heterocycles. The fraction of sp³-hybridized carbons (Fsp3) is 0.893. The van der Waals surface area contributed by atoms with Gasteiger partial charge in [-0.05, 0) is 84.9 Å². The average Bonchev–Trinajstić information content (AvgIpc) is 3.04. The summed E-state index contributed by atoms with van der Waals surface area (Å²) in [4.78, 5) is 23.8. The number of hydrazone groups is 1. The van der Waals surface area contributed by atoms with E-state index < -0.39 is 6.03 Å². The third-order valence-corrected chi connectivity index (χ3v) is 10.8. The van der Waals surface area contributed by atoms with E-state index in [4.69, 9.17) is 5.73 Å². The predicted molar refractivity (Wildman–Crippen MR) is 137 cm³/mol. The number of nitrogens with two attached hydrogens (primary N) is 1. The monoisotopic (exact) mass is 472 g/mol. The maximum absolute atomic E-state index is 12.3. The van der Waals surface area contributed by atoms with Crippen LogP contribution in [0.5, 0.6) is 0 Å². The Morgan fingerprint density at radius 2 is 1.85 bits per heavy atom. The molecular weight excluding hydrogens is 424 g/mol. The lowest BCUT2D eigenvalue weighted by Gasteiger charge is -2.59. The van der Waals surface area contributed by atoms with Gasteiger partial charge >= 0.3 is 6.03 Å². The maximum Gasteiger partial charge on any atom is 0.332 e. The Bertz CT molecular complexity index is 810. The number of primary amides is 1. The summed E-state index contributed by atoms with van der Waals surface area (Å²) in [5.74, 6) is 4.58. The molecule has 34 heavy (non-hydrogen) atoms. The SMILES string of the molecule is CC(C)CCC[C@@H](C)[C@H]1CC[C@H]2[C@@H]3C/C(=N\NC(N)=O)C4CNC(=O)CC[C@]4(C)[C@H]3CC[C@]12C. The Kier molecular flexibility index (Phi) is 7.36. The molecule has 4 aliphatic rings. The first-order valence-corrected chi connectivity index (χ1v) is 13.9. The minimum atomic E-state index is -0.612. The molecule has 0 aromatic carbocycles. The molecule has 0 aromatic heterocycles. The van der Waals surface area contributed by atoms with Crippen LogP contribution in [0.4, 0.5) is 4.79 Å².